The molecule has 12 heavy (non-hydrogen) atoms. The van der Waals surface area contributed by atoms with Gasteiger partial charge in [0, 0.05) is 5.88 Å². The van der Waals surface area contributed by atoms with E-state index < -0.39 is 0 Å². The minimum absolute atomic E-state index is 0.182. The Kier molecular flexibility index (Phi) is 3.83. The van der Waals surface area contributed by atoms with Gasteiger partial charge in [-0.2, -0.15) is 0 Å². The number of hydrogen-bond donors (Lipinski definition) is 0. The molecule has 0 radical (unpaired) electrons. The highest BCUT2D eigenvalue weighted by Crippen LogP contribution is 2.16. The van der Waals surface area contributed by atoms with Gasteiger partial charge >= 0.3 is 0 Å². The molecule has 1 aromatic rings. The lowest BCUT2D eigenvalue weighted by Gasteiger charge is -2.00. The average Bonchev–Trinajstić information content (AvgIpc) is 2.07. The SMILES string of the molecule is Fc1ccc(CCCCl)cc1Cl. The van der Waals surface area contributed by atoms with Gasteiger partial charge in [0.1, 0.15) is 5.82 Å². The molecule has 0 aliphatic heterocycles. The van der Waals surface area contributed by atoms with Crippen LogP contribution in [0.3, 0.4) is 0 Å². The molecule has 0 aliphatic rings. The van der Waals surface area contributed by atoms with Crippen molar-refractivity contribution in [3.63, 3.8) is 0 Å². The number of halogens is 3. The van der Waals surface area contributed by atoms with Gasteiger partial charge in [-0.05, 0) is 30.5 Å². The molecule has 0 amide bonds. The average molecular weight is 207 g/mol. The van der Waals surface area contributed by atoms with Gasteiger partial charge in [-0.15, -0.1) is 11.6 Å². The van der Waals surface area contributed by atoms with Gasteiger partial charge in [-0.3, -0.25) is 0 Å². The summed E-state index contributed by atoms with van der Waals surface area (Å²) in [4.78, 5) is 0. The van der Waals surface area contributed by atoms with E-state index in [-0.39, 0.29) is 10.8 Å². The Morgan fingerprint density at radius 2 is 2.08 bits per heavy atom. The summed E-state index contributed by atoms with van der Waals surface area (Å²) in [5.41, 5.74) is 1.03. The minimum atomic E-state index is -0.369. The van der Waals surface area contributed by atoms with E-state index in [1.807, 2.05) is 0 Å². The molecule has 3 heteroatoms. The van der Waals surface area contributed by atoms with Crippen molar-refractivity contribution in [3.05, 3.63) is 34.6 Å². The first-order valence-electron chi connectivity index (χ1n) is 3.74. The molecule has 0 saturated heterocycles. The van der Waals surface area contributed by atoms with Crippen molar-refractivity contribution >= 4 is 23.2 Å². The van der Waals surface area contributed by atoms with Crippen LogP contribution in [0.15, 0.2) is 18.2 Å². The molecule has 1 aromatic carbocycles. The van der Waals surface area contributed by atoms with Crippen molar-refractivity contribution < 1.29 is 4.39 Å². The maximum absolute atomic E-state index is 12.7. The highest BCUT2D eigenvalue weighted by molar-refractivity contribution is 6.30. The van der Waals surface area contributed by atoms with Gasteiger partial charge in [-0.25, -0.2) is 4.39 Å². The molecular formula is C9H9Cl2F. The second-order valence-corrected chi connectivity index (χ2v) is 3.33. The zero-order valence-corrected chi connectivity index (χ0v) is 8.00. The molecule has 0 N–H and O–H groups in total. The van der Waals surface area contributed by atoms with Crippen molar-refractivity contribution in [1.82, 2.24) is 0 Å². The maximum Gasteiger partial charge on any atom is 0.141 e. The third kappa shape index (κ3) is 2.65. The lowest BCUT2D eigenvalue weighted by Crippen LogP contribution is -1.87. The second-order valence-electron chi connectivity index (χ2n) is 2.54. The van der Waals surface area contributed by atoms with Gasteiger partial charge in [-0.1, -0.05) is 17.7 Å². The van der Waals surface area contributed by atoms with Crippen LogP contribution in [0.1, 0.15) is 12.0 Å². The normalized spacial score (nSPS) is 10.2. The van der Waals surface area contributed by atoms with Crippen molar-refractivity contribution in [3.8, 4) is 0 Å². The van der Waals surface area contributed by atoms with Crippen molar-refractivity contribution in [2.24, 2.45) is 0 Å². The lowest BCUT2D eigenvalue weighted by atomic mass is 10.1. The molecule has 0 aromatic heterocycles. The molecule has 0 bridgehead atoms. The van der Waals surface area contributed by atoms with Gasteiger partial charge in [0.05, 0.1) is 5.02 Å². The number of alkyl halides is 1. The first kappa shape index (κ1) is 9.82. The molecular weight excluding hydrogens is 198 g/mol. The van der Waals surface area contributed by atoms with Crippen LogP contribution in [0.2, 0.25) is 5.02 Å². The Balaban J connectivity index is 2.69. The van der Waals surface area contributed by atoms with Gasteiger partial charge in [0.25, 0.3) is 0 Å². The first-order valence-corrected chi connectivity index (χ1v) is 4.65. The molecule has 0 heterocycles. The molecule has 0 atom stereocenters. The topological polar surface area (TPSA) is 0 Å². The highest BCUT2D eigenvalue weighted by Gasteiger charge is 1.99. The van der Waals surface area contributed by atoms with Gasteiger partial charge in [0.2, 0.25) is 0 Å². The summed E-state index contributed by atoms with van der Waals surface area (Å²) in [6.07, 6.45) is 1.74. The zero-order valence-electron chi connectivity index (χ0n) is 6.49. The smallest absolute Gasteiger partial charge is 0.141 e. The standard InChI is InChI=1S/C9H9Cl2F/c10-5-1-2-7-3-4-9(12)8(11)6-7/h3-4,6H,1-2,5H2. The van der Waals surface area contributed by atoms with Crippen LogP contribution in [0.5, 0.6) is 0 Å². The molecule has 1 rings (SSSR count). The van der Waals surface area contributed by atoms with E-state index >= 15 is 0 Å². The summed E-state index contributed by atoms with van der Waals surface area (Å²) in [5.74, 6) is 0.251. The Morgan fingerprint density at radius 3 is 2.67 bits per heavy atom. The van der Waals surface area contributed by atoms with E-state index in [1.54, 1.807) is 12.1 Å². The van der Waals surface area contributed by atoms with Crippen molar-refractivity contribution in [1.29, 1.82) is 0 Å². The van der Waals surface area contributed by atoms with Crippen LogP contribution >= 0.6 is 23.2 Å². The Hall–Kier alpha value is -0.270. The minimum Gasteiger partial charge on any atom is -0.205 e. The Bertz CT molecular complexity index is 261. The fourth-order valence-corrected chi connectivity index (χ4v) is 1.30. The van der Waals surface area contributed by atoms with E-state index in [0.717, 1.165) is 18.4 Å². The second kappa shape index (κ2) is 4.68. The van der Waals surface area contributed by atoms with Crippen molar-refractivity contribution in [2.75, 3.05) is 5.88 Å². The number of rotatable bonds is 3. The third-order valence-electron chi connectivity index (χ3n) is 1.58. The van der Waals surface area contributed by atoms with Gasteiger partial charge < -0.3 is 0 Å². The summed E-state index contributed by atoms with van der Waals surface area (Å²) in [6.45, 7) is 0. The predicted octanol–water partition coefficient (Wildman–Crippen LogP) is 3.65. The Labute approximate surface area is 81.3 Å². The molecule has 0 saturated carbocycles. The predicted molar refractivity (Wildman–Crippen MR) is 50.5 cm³/mol. The van der Waals surface area contributed by atoms with Crippen LogP contribution in [-0.2, 0) is 6.42 Å². The lowest BCUT2D eigenvalue weighted by molar-refractivity contribution is 0.627. The number of hydrogen-bond acceptors (Lipinski definition) is 0. The van der Waals surface area contributed by atoms with Gasteiger partial charge in [0.15, 0.2) is 0 Å². The van der Waals surface area contributed by atoms with E-state index in [4.69, 9.17) is 23.2 Å². The summed E-state index contributed by atoms with van der Waals surface area (Å²) in [5, 5.41) is 0.182. The van der Waals surface area contributed by atoms with Crippen LogP contribution in [0.4, 0.5) is 4.39 Å². The molecule has 0 unspecified atom stereocenters. The molecule has 66 valence electrons. The van der Waals surface area contributed by atoms with Crippen LogP contribution in [0, 0.1) is 5.82 Å². The molecule has 0 fully saturated rings. The zero-order chi connectivity index (χ0) is 8.97. The fraction of sp³-hybridized carbons (Fsp3) is 0.333. The molecule has 0 spiro atoms. The monoisotopic (exact) mass is 206 g/mol. The quantitative estimate of drug-likeness (QED) is 0.663. The maximum atomic E-state index is 12.7. The van der Waals surface area contributed by atoms with E-state index in [1.165, 1.54) is 6.07 Å². The molecule has 0 aliphatic carbocycles. The Morgan fingerprint density at radius 1 is 1.33 bits per heavy atom. The number of aryl methyl sites for hydroxylation is 1. The number of benzene rings is 1. The fourth-order valence-electron chi connectivity index (χ4n) is 0.966. The van der Waals surface area contributed by atoms with E-state index in [9.17, 15) is 4.39 Å². The van der Waals surface area contributed by atoms with E-state index in [0.29, 0.717) is 5.88 Å². The third-order valence-corrected chi connectivity index (χ3v) is 2.14. The van der Waals surface area contributed by atoms with E-state index in [2.05, 4.69) is 0 Å². The molecule has 0 nitrogen and oxygen atoms in total. The van der Waals surface area contributed by atoms with Crippen LogP contribution in [-0.4, -0.2) is 5.88 Å². The van der Waals surface area contributed by atoms with Crippen LogP contribution in [0.25, 0.3) is 0 Å². The summed E-state index contributed by atoms with van der Waals surface area (Å²) in [7, 11) is 0. The van der Waals surface area contributed by atoms with Crippen molar-refractivity contribution in [2.45, 2.75) is 12.8 Å². The van der Waals surface area contributed by atoms with Crippen LogP contribution < -0.4 is 0 Å². The highest BCUT2D eigenvalue weighted by atomic mass is 35.5. The summed E-state index contributed by atoms with van der Waals surface area (Å²) >= 11 is 11.1. The largest absolute Gasteiger partial charge is 0.205 e. The summed E-state index contributed by atoms with van der Waals surface area (Å²) < 4.78 is 12.7. The first-order chi connectivity index (χ1) is 5.74. The summed E-state index contributed by atoms with van der Waals surface area (Å²) in [6, 6.07) is 4.75.